The van der Waals surface area contributed by atoms with Gasteiger partial charge in [-0.2, -0.15) is 0 Å². The lowest BCUT2D eigenvalue weighted by atomic mass is 10.1. The molecule has 2 amide bonds. The topological polar surface area (TPSA) is 49.4 Å². The SMILES string of the molecule is CN1C(=O)CNC(=O)c2ccc(Cl)cc21. The van der Waals surface area contributed by atoms with E-state index in [1.807, 2.05) is 0 Å². The van der Waals surface area contributed by atoms with Crippen LogP contribution in [0, 0.1) is 0 Å². The fraction of sp³-hybridized carbons (Fsp3) is 0.200. The van der Waals surface area contributed by atoms with Gasteiger partial charge in [0.25, 0.3) is 5.91 Å². The second-order valence-corrected chi connectivity index (χ2v) is 3.73. The number of hydrogen-bond donors (Lipinski definition) is 1. The minimum absolute atomic E-state index is 0.0155. The second kappa shape index (κ2) is 3.55. The summed E-state index contributed by atoms with van der Waals surface area (Å²) in [6, 6.07) is 4.85. The molecule has 0 saturated heterocycles. The number of rotatable bonds is 0. The molecule has 1 aromatic rings. The van der Waals surface area contributed by atoms with Crippen molar-refractivity contribution in [3.05, 3.63) is 28.8 Å². The van der Waals surface area contributed by atoms with Crippen molar-refractivity contribution in [1.29, 1.82) is 0 Å². The zero-order chi connectivity index (χ0) is 11.0. The van der Waals surface area contributed by atoms with Crippen molar-refractivity contribution < 1.29 is 9.59 Å². The number of amides is 2. The zero-order valence-electron chi connectivity index (χ0n) is 8.08. The number of hydrogen-bond acceptors (Lipinski definition) is 2. The molecule has 1 heterocycles. The predicted molar refractivity (Wildman–Crippen MR) is 57.2 cm³/mol. The third kappa shape index (κ3) is 1.68. The molecule has 0 fully saturated rings. The number of carbonyl (C=O) groups excluding carboxylic acids is 2. The quantitative estimate of drug-likeness (QED) is 0.716. The molecule has 0 aliphatic carbocycles. The number of nitrogens with one attached hydrogen (secondary N) is 1. The molecule has 2 rings (SSSR count). The van der Waals surface area contributed by atoms with E-state index in [0.29, 0.717) is 16.3 Å². The van der Waals surface area contributed by atoms with E-state index < -0.39 is 0 Å². The van der Waals surface area contributed by atoms with E-state index in [4.69, 9.17) is 11.6 Å². The van der Waals surface area contributed by atoms with E-state index in [2.05, 4.69) is 5.32 Å². The van der Waals surface area contributed by atoms with Crippen LogP contribution < -0.4 is 10.2 Å². The summed E-state index contributed by atoms with van der Waals surface area (Å²) in [5.74, 6) is -0.413. The van der Waals surface area contributed by atoms with Crippen molar-refractivity contribution in [2.75, 3.05) is 18.5 Å². The van der Waals surface area contributed by atoms with Crippen LogP contribution in [0.4, 0.5) is 5.69 Å². The molecule has 1 aliphatic heterocycles. The number of fused-ring (bicyclic) bond motifs is 1. The third-order valence-electron chi connectivity index (χ3n) is 2.34. The number of nitrogens with zero attached hydrogens (tertiary/aromatic N) is 1. The summed E-state index contributed by atoms with van der Waals surface area (Å²) in [7, 11) is 1.62. The first-order chi connectivity index (χ1) is 7.09. The first kappa shape index (κ1) is 9.98. The van der Waals surface area contributed by atoms with Crippen LogP contribution >= 0.6 is 11.6 Å². The van der Waals surface area contributed by atoms with Crippen LogP contribution in [0.5, 0.6) is 0 Å². The molecule has 0 atom stereocenters. The van der Waals surface area contributed by atoms with Gasteiger partial charge in [0.15, 0.2) is 0 Å². The van der Waals surface area contributed by atoms with Crippen molar-refractivity contribution in [3.8, 4) is 0 Å². The summed E-state index contributed by atoms with van der Waals surface area (Å²) in [6.07, 6.45) is 0. The Hall–Kier alpha value is -1.55. The van der Waals surface area contributed by atoms with E-state index in [9.17, 15) is 9.59 Å². The standard InChI is InChI=1S/C10H9ClN2O2/c1-13-8-4-6(11)2-3-7(8)10(15)12-5-9(13)14/h2-4H,5H2,1H3,(H,12,15). The van der Waals surface area contributed by atoms with E-state index in [0.717, 1.165) is 0 Å². The lowest BCUT2D eigenvalue weighted by Crippen LogP contribution is -2.33. The van der Waals surface area contributed by atoms with Gasteiger partial charge in [-0.05, 0) is 18.2 Å². The highest BCUT2D eigenvalue weighted by Crippen LogP contribution is 2.25. The smallest absolute Gasteiger partial charge is 0.253 e. The van der Waals surface area contributed by atoms with Gasteiger partial charge in [0.1, 0.15) is 0 Å². The predicted octanol–water partition coefficient (Wildman–Crippen LogP) is 1.05. The Morgan fingerprint density at radius 2 is 2.13 bits per heavy atom. The number of halogens is 1. The van der Waals surface area contributed by atoms with Gasteiger partial charge in [0, 0.05) is 12.1 Å². The average molecular weight is 225 g/mol. The summed E-state index contributed by atoms with van der Waals surface area (Å²) < 4.78 is 0. The molecule has 5 heteroatoms. The van der Waals surface area contributed by atoms with Crippen LogP contribution in [-0.2, 0) is 4.79 Å². The van der Waals surface area contributed by atoms with Gasteiger partial charge in [-0.1, -0.05) is 11.6 Å². The van der Waals surface area contributed by atoms with Crippen LogP contribution in [0.1, 0.15) is 10.4 Å². The molecule has 4 nitrogen and oxygen atoms in total. The van der Waals surface area contributed by atoms with Gasteiger partial charge in [-0.25, -0.2) is 0 Å². The molecule has 0 bridgehead atoms. The first-order valence-corrected chi connectivity index (χ1v) is 4.81. The lowest BCUT2D eigenvalue weighted by molar-refractivity contribution is -0.117. The summed E-state index contributed by atoms with van der Waals surface area (Å²) in [5.41, 5.74) is 1.01. The highest BCUT2D eigenvalue weighted by Gasteiger charge is 2.23. The monoisotopic (exact) mass is 224 g/mol. The zero-order valence-corrected chi connectivity index (χ0v) is 8.84. The van der Waals surface area contributed by atoms with Crippen LogP contribution in [0.3, 0.4) is 0 Å². The van der Waals surface area contributed by atoms with Crippen LogP contribution in [-0.4, -0.2) is 25.4 Å². The Labute approximate surface area is 91.8 Å². The van der Waals surface area contributed by atoms with Crippen molar-refractivity contribution in [3.63, 3.8) is 0 Å². The molecule has 78 valence electrons. The normalized spacial score (nSPS) is 15.7. The molecular formula is C10H9ClN2O2. The Balaban J connectivity index is 2.60. The molecule has 1 aliphatic rings. The highest BCUT2D eigenvalue weighted by molar-refractivity contribution is 6.31. The number of carbonyl (C=O) groups is 2. The van der Waals surface area contributed by atoms with Crippen molar-refractivity contribution in [1.82, 2.24) is 5.32 Å². The number of likely N-dealkylation sites (N-methyl/N-ethyl adjacent to an activating group) is 1. The van der Waals surface area contributed by atoms with E-state index in [-0.39, 0.29) is 18.4 Å². The maximum atomic E-state index is 11.6. The van der Waals surface area contributed by atoms with Gasteiger partial charge in [0.2, 0.25) is 5.91 Å². The number of benzene rings is 1. The van der Waals surface area contributed by atoms with Gasteiger partial charge in [0.05, 0.1) is 17.8 Å². The fourth-order valence-corrected chi connectivity index (χ4v) is 1.64. The van der Waals surface area contributed by atoms with E-state index in [1.165, 1.54) is 4.90 Å². The van der Waals surface area contributed by atoms with Crippen molar-refractivity contribution in [2.24, 2.45) is 0 Å². The highest BCUT2D eigenvalue weighted by atomic mass is 35.5. The van der Waals surface area contributed by atoms with E-state index >= 15 is 0 Å². The largest absolute Gasteiger partial charge is 0.343 e. The van der Waals surface area contributed by atoms with Crippen LogP contribution in [0.25, 0.3) is 0 Å². The minimum Gasteiger partial charge on any atom is -0.343 e. The molecule has 1 aromatic carbocycles. The minimum atomic E-state index is -0.251. The van der Waals surface area contributed by atoms with Gasteiger partial charge < -0.3 is 10.2 Å². The maximum absolute atomic E-state index is 11.6. The molecule has 0 unspecified atom stereocenters. The van der Waals surface area contributed by atoms with Gasteiger partial charge in [-0.3, -0.25) is 9.59 Å². The van der Waals surface area contributed by atoms with E-state index in [1.54, 1.807) is 25.2 Å². The molecule has 0 spiro atoms. The Kier molecular flexibility index (Phi) is 2.36. The molecule has 15 heavy (non-hydrogen) atoms. The molecule has 1 N–H and O–H groups in total. The molecular weight excluding hydrogens is 216 g/mol. The number of anilines is 1. The summed E-state index contributed by atoms with van der Waals surface area (Å²) in [5, 5.41) is 3.03. The van der Waals surface area contributed by atoms with Crippen molar-refractivity contribution >= 4 is 29.1 Å². The maximum Gasteiger partial charge on any atom is 0.253 e. The molecule has 0 saturated carbocycles. The Morgan fingerprint density at radius 3 is 2.87 bits per heavy atom. The first-order valence-electron chi connectivity index (χ1n) is 4.44. The molecule has 0 radical (unpaired) electrons. The van der Waals surface area contributed by atoms with Gasteiger partial charge in [-0.15, -0.1) is 0 Å². The van der Waals surface area contributed by atoms with Gasteiger partial charge >= 0.3 is 0 Å². The Morgan fingerprint density at radius 1 is 1.40 bits per heavy atom. The summed E-state index contributed by atoms with van der Waals surface area (Å²) in [4.78, 5) is 24.5. The summed E-state index contributed by atoms with van der Waals surface area (Å²) >= 11 is 5.82. The molecule has 0 aromatic heterocycles. The lowest BCUT2D eigenvalue weighted by Gasteiger charge is -2.16. The second-order valence-electron chi connectivity index (χ2n) is 3.30. The van der Waals surface area contributed by atoms with Crippen LogP contribution in [0.2, 0.25) is 5.02 Å². The fourth-order valence-electron chi connectivity index (χ4n) is 1.48. The average Bonchev–Trinajstić information content (AvgIpc) is 2.32. The Bertz CT molecular complexity index is 445. The third-order valence-corrected chi connectivity index (χ3v) is 2.58. The van der Waals surface area contributed by atoms with Crippen molar-refractivity contribution in [2.45, 2.75) is 0 Å². The van der Waals surface area contributed by atoms with Crippen LogP contribution in [0.15, 0.2) is 18.2 Å². The summed E-state index contributed by atoms with van der Waals surface area (Å²) in [6.45, 7) is 0.0155.